The lowest BCUT2D eigenvalue weighted by Crippen LogP contribution is -2.27. The third-order valence-corrected chi connectivity index (χ3v) is 6.79. The molecule has 0 amide bonds. The lowest BCUT2D eigenvalue weighted by molar-refractivity contribution is 0.330. The highest BCUT2D eigenvalue weighted by molar-refractivity contribution is 5.43. The molecule has 0 N–H and O–H groups in total. The van der Waals surface area contributed by atoms with Gasteiger partial charge in [0.15, 0.2) is 0 Å². The highest BCUT2D eigenvalue weighted by Gasteiger charge is 2.30. The third-order valence-electron chi connectivity index (χ3n) is 6.79. The molecular formula is C30H50N2. The Hall–Kier alpha value is -1.66. The maximum atomic E-state index is 3.32. The molecule has 1 heterocycles. The number of hydrogen-bond donors (Lipinski definition) is 0. The van der Waals surface area contributed by atoms with E-state index < -0.39 is 0 Å². The average molecular weight is 439 g/mol. The normalized spacial score (nSPS) is 16.5. The summed E-state index contributed by atoms with van der Waals surface area (Å²) >= 11 is 0. The van der Waals surface area contributed by atoms with Crippen molar-refractivity contribution in [2.75, 3.05) is 13.1 Å². The van der Waals surface area contributed by atoms with Crippen LogP contribution in [0.1, 0.15) is 124 Å². The molecule has 2 rings (SSSR count). The number of hydrogen-bond acceptors (Lipinski definition) is 2. The van der Waals surface area contributed by atoms with Crippen LogP contribution in [-0.4, -0.2) is 22.9 Å². The minimum Gasteiger partial charge on any atom is -0.326 e. The van der Waals surface area contributed by atoms with E-state index in [0.717, 1.165) is 13.1 Å². The Morgan fingerprint density at radius 3 is 1.72 bits per heavy atom. The lowest BCUT2D eigenvalue weighted by Gasteiger charge is -2.27. The molecule has 0 unspecified atom stereocenters. The van der Waals surface area contributed by atoms with Crippen LogP contribution in [0.3, 0.4) is 0 Å². The molecule has 0 spiro atoms. The zero-order valence-electron chi connectivity index (χ0n) is 21.5. The molecule has 180 valence electrons. The van der Waals surface area contributed by atoms with Gasteiger partial charge in [-0.2, -0.15) is 0 Å². The SMILES string of the molecule is C/C=C1\N(CCCC)C2=C(C=CC=C=C2)N1CCCCCCCCCCCCCCCC. The van der Waals surface area contributed by atoms with E-state index in [-0.39, 0.29) is 0 Å². The summed E-state index contributed by atoms with van der Waals surface area (Å²) in [5.74, 6) is 1.36. The summed E-state index contributed by atoms with van der Waals surface area (Å²) in [7, 11) is 0. The largest absolute Gasteiger partial charge is 0.326 e. The average Bonchev–Trinajstić information content (AvgIpc) is 2.93. The predicted molar refractivity (Wildman–Crippen MR) is 141 cm³/mol. The monoisotopic (exact) mass is 438 g/mol. The van der Waals surface area contributed by atoms with Gasteiger partial charge in [0.05, 0.1) is 11.4 Å². The van der Waals surface area contributed by atoms with Gasteiger partial charge in [-0.25, -0.2) is 0 Å². The van der Waals surface area contributed by atoms with Crippen LogP contribution in [0, 0.1) is 0 Å². The van der Waals surface area contributed by atoms with Crippen LogP contribution in [0.5, 0.6) is 0 Å². The van der Waals surface area contributed by atoms with Gasteiger partial charge in [0, 0.05) is 19.2 Å². The molecule has 32 heavy (non-hydrogen) atoms. The molecule has 0 radical (unpaired) electrons. The van der Waals surface area contributed by atoms with Crippen molar-refractivity contribution in [3.8, 4) is 0 Å². The fourth-order valence-electron chi connectivity index (χ4n) is 4.88. The van der Waals surface area contributed by atoms with E-state index in [4.69, 9.17) is 0 Å². The molecule has 2 heteroatoms. The number of allylic oxidation sites excluding steroid dienone is 4. The molecule has 0 aromatic heterocycles. The van der Waals surface area contributed by atoms with Crippen molar-refractivity contribution in [2.24, 2.45) is 0 Å². The molecule has 0 bridgehead atoms. The van der Waals surface area contributed by atoms with Crippen LogP contribution in [0.25, 0.3) is 0 Å². The van der Waals surface area contributed by atoms with Gasteiger partial charge in [0.25, 0.3) is 0 Å². The standard InChI is InChI=1S/C30H50N2/c1-4-7-9-10-11-12-13-14-15-16-17-18-19-23-27-32-29-25-22-20-21-24-28(29)31(26-8-5-2)30(32)6-3/h6,20,22,24-25H,4-5,7-19,23,26-27H2,1-3H3/b30-6+. The van der Waals surface area contributed by atoms with E-state index >= 15 is 0 Å². The predicted octanol–water partition coefficient (Wildman–Crippen LogP) is 9.24. The second kappa shape index (κ2) is 16.9. The van der Waals surface area contributed by atoms with Crippen LogP contribution in [0.2, 0.25) is 0 Å². The van der Waals surface area contributed by atoms with E-state index in [0.29, 0.717) is 0 Å². The highest BCUT2D eigenvalue weighted by Crippen LogP contribution is 2.35. The number of rotatable bonds is 18. The smallest absolute Gasteiger partial charge is 0.109 e. The van der Waals surface area contributed by atoms with Gasteiger partial charge in [-0.15, -0.1) is 5.73 Å². The Morgan fingerprint density at radius 1 is 0.656 bits per heavy atom. The number of unbranched alkanes of at least 4 members (excludes halogenated alkanes) is 14. The first kappa shape index (κ1) is 26.6. The van der Waals surface area contributed by atoms with Crippen molar-refractivity contribution in [3.05, 3.63) is 53.3 Å². The van der Waals surface area contributed by atoms with Gasteiger partial charge in [-0.3, -0.25) is 0 Å². The van der Waals surface area contributed by atoms with Crippen molar-refractivity contribution in [3.63, 3.8) is 0 Å². The summed E-state index contributed by atoms with van der Waals surface area (Å²) in [5, 5.41) is 0. The minimum absolute atomic E-state index is 1.09. The molecule has 1 aliphatic carbocycles. The summed E-state index contributed by atoms with van der Waals surface area (Å²) in [6, 6.07) is 0. The van der Waals surface area contributed by atoms with E-state index in [2.05, 4.69) is 60.6 Å². The third kappa shape index (κ3) is 9.07. The van der Waals surface area contributed by atoms with Crippen LogP contribution in [-0.2, 0) is 0 Å². The summed E-state index contributed by atoms with van der Waals surface area (Å²) in [4.78, 5) is 5.04. The molecule has 0 aromatic rings. The Labute approximate surface area is 199 Å². The van der Waals surface area contributed by atoms with Gasteiger partial charge in [0.1, 0.15) is 5.82 Å². The van der Waals surface area contributed by atoms with Gasteiger partial charge >= 0.3 is 0 Å². The van der Waals surface area contributed by atoms with Crippen molar-refractivity contribution in [2.45, 2.75) is 124 Å². The Balaban J connectivity index is 1.62. The quantitative estimate of drug-likeness (QED) is 0.155. The molecule has 0 saturated carbocycles. The molecule has 2 nitrogen and oxygen atoms in total. The first-order valence-electron chi connectivity index (χ1n) is 13.9. The topological polar surface area (TPSA) is 6.48 Å². The highest BCUT2D eigenvalue weighted by atomic mass is 15.4. The summed E-state index contributed by atoms with van der Waals surface area (Å²) in [6.45, 7) is 8.97. The van der Waals surface area contributed by atoms with Gasteiger partial charge in [-0.1, -0.05) is 110 Å². The molecule has 0 atom stereocenters. The zero-order valence-corrected chi connectivity index (χ0v) is 21.5. The Kier molecular flexibility index (Phi) is 14.0. The Bertz CT molecular complexity index is 660. The van der Waals surface area contributed by atoms with Crippen LogP contribution >= 0.6 is 0 Å². The molecule has 1 aliphatic heterocycles. The second-order valence-corrected chi connectivity index (χ2v) is 9.51. The minimum atomic E-state index is 1.09. The van der Waals surface area contributed by atoms with Crippen molar-refractivity contribution in [1.29, 1.82) is 0 Å². The lowest BCUT2D eigenvalue weighted by atomic mass is 10.0. The Morgan fingerprint density at radius 2 is 1.16 bits per heavy atom. The molecular weight excluding hydrogens is 388 g/mol. The fourth-order valence-corrected chi connectivity index (χ4v) is 4.88. The van der Waals surface area contributed by atoms with E-state index in [1.54, 1.807) is 0 Å². The summed E-state index contributed by atoms with van der Waals surface area (Å²) in [6.07, 6.45) is 33.1. The van der Waals surface area contributed by atoms with Gasteiger partial charge < -0.3 is 9.80 Å². The fraction of sp³-hybridized carbons (Fsp3) is 0.700. The summed E-state index contributed by atoms with van der Waals surface area (Å²) < 4.78 is 0. The van der Waals surface area contributed by atoms with E-state index in [1.807, 2.05) is 6.08 Å². The molecule has 0 aromatic carbocycles. The van der Waals surface area contributed by atoms with Crippen LogP contribution < -0.4 is 0 Å². The van der Waals surface area contributed by atoms with Crippen molar-refractivity contribution in [1.82, 2.24) is 9.80 Å². The zero-order chi connectivity index (χ0) is 22.9. The first-order valence-corrected chi connectivity index (χ1v) is 13.9. The van der Waals surface area contributed by atoms with Crippen LogP contribution in [0.15, 0.2) is 53.3 Å². The first-order chi connectivity index (χ1) is 15.8. The van der Waals surface area contributed by atoms with Crippen molar-refractivity contribution < 1.29 is 0 Å². The maximum Gasteiger partial charge on any atom is 0.109 e. The summed E-state index contributed by atoms with van der Waals surface area (Å²) in [5.41, 5.74) is 5.99. The van der Waals surface area contributed by atoms with Gasteiger partial charge in [-0.05, 0) is 38.0 Å². The second-order valence-electron chi connectivity index (χ2n) is 9.51. The van der Waals surface area contributed by atoms with E-state index in [1.165, 1.54) is 120 Å². The maximum absolute atomic E-state index is 3.32. The molecule has 2 aliphatic rings. The van der Waals surface area contributed by atoms with Gasteiger partial charge in [0.2, 0.25) is 0 Å². The van der Waals surface area contributed by atoms with Crippen LogP contribution in [0.4, 0.5) is 0 Å². The number of nitrogens with zero attached hydrogens (tertiary/aromatic N) is 2. The molecule has 0 saturated heterocycles. The van der Waals surface area contributed by atoms with E-state index in [9.17, 15) is 0 Å². The molecule has 0 fully saturated rings. The van der Waals surface area contributed by atoms with Crippen molar-refractivity contribution >= 4 is 0 Å².